The molecule has 0 fully saturated rings. The molecule has 5 nitrogen and oxygen atoms in total. The van der Waals surface area contributed by atoms with Gasteiger partial charge in [-0.1, -0.05) is 41.9 Å². The van der Waals surface area contributed by atoms with E-state index in [9.17, 15) is 4.79 Å². The molecule has 4 N–H and O–H groups in total. The average Bonchev–Trinajstić information content (AvgIpc) is 2.59. The zero-order valence-electron chi connectivity index (χ0n) is 13.6. The van der Waals surface area contributed by atoms with Crippen LogP contribution in [-0.2, 0) is 13.0 Å². The first-order chi connectivity index (χ1) is 11.6. The summed E-state index contributed by atoms with van der Waals surface area (Å²) in [6.45, 7) is 1.33. The highest BCUT2D eigenvalue weighted by molar-refractivity contribution is 6.31. The third kappa shape index (κ3) is 5.28. The molecule has 0 aromatic heterocycles. The Kier molecular flexibility index (Phi) is 6.63. The summed E-state index contributed by atoms with van der Waals surface area (Å²) in [5.41, 5.74) is 7.87. The van der Waals surface area contributed by atoms with E-state index < -0.39 is 5.91 Å². The molecule has 0 heterocycles. The third-order valence-electron chi connectivity index (χ3n) is 3.57. The number of benzene rings is 2. The van der Waals surface area contributed by atoms with Crippen LogP contribution >= 0.6 is 11.6 Å². The predicted octanol–water partition coefficient (Wildman–Crippen LogP) is 2.35. The van der Waals surface area contributed by atoms with Gasteiger partial charge >= 0.3 is 0 Å². The first kappa shape index (κ1) is 17.8. The van der Waals surface area contributed by atoms with E-state index in [-0.39, 0.29) is 0 Å². The fourth-order valence-electron chi connectivity index (χ4n) is 2.21. The topological polar surface area (TPSA) is 79.5 Å². The molecule has 0 aliphatic carbocycles. The molecule has 2 aromatic rings. The predicted molar refractivity (Wildman–Crippen MR) is 98.3 cm³/mol. The van der Waals surface area contributed by atoms with Gasteiger partial charge in [0, 0.05) is 30.7 Å². The summed E-state index contributed by atoms with van der Waals surface area (Å²) in [6.07, 6.45) is 0.813. The number of carbonyl (C=O) groups excluding carboxylic acids is 1. The standard InChI is InChI=1S/C18H21ClN4O/c1-21-18(22-11-10-14-4-2-3-5-16(14)19)23-12-13-6-8-15(9-7-13)17(20)24/h2-9H,10-12H2,1H3,(H2,20,24)(H2,21,22,23). The van der Waals surface area contributed by atoms with Crippen molar-refractivity contribution in [1.82, 2.24) is 10.6 Å². The van der Waals surface area contributed by atoms with Crippen LogP contribution in [0.25, 0.3) is 0 Å². The molecule has 0 unspecified atom stereocenters. The average molecular weight is 345 g/mol. The number of nitrogens with one attached hydrogen (secondary N) is 2. The smallest absolute Gasteiger partial charge is 0.248 e. The van der Waals surface area contributed by atoms with Gasteiger partial charge in [0.2, 0.25) is 5.91 Å². The Balaban J connectivity index is 1.80. The molecule has 0 spiro atoms. The molecule has 0 saturated heterocycles. The lowest BCUT2D eigenvalue weighted by Crippen LogP contribution is -2.37. The van der Waals surface area contributed by atoms with E-state index in [0.717, 1.165) is 29.1 Å². The zero-order valence-corrected chi connectivity index (χ0v) is 14.3. The quantitative estimate of drug-likeness (QED) is 0.556. The number of nitrogens with two attached hydrogens (primary N) is 1. The van der Waals surface area contributed by atoms with Crippen LogP contribution in [0.2, 0.25) is 5.02 Å². The molecule has 1 amide bonds. The molecule has 0 atom stereocenters. The van der Waals surface area contributed by atoms with E-state index in [4.69, 9.17) is 17.3 Å². The maximum absolute atomic E-state index is 11.1. The summed E-state index contributed by atoms with van der Waals surface area (Å²) in [5, 5.41) is 7.25. The molecule has 2 rings (SSSR count). The lowest BCUT2D eigenvalue weighted by molar-refractivity contribution is 0.100. The van der Waals surface area contributed by atoms with E-state index in [1.165, 1.54) is 0 Å². The van der Waals surface area contributed by atoms with Gasteiger partial charge in [0.15, 0.2) is 5.96 Å². The second kappa shape index (κ2) is 8.93. The molecule has 0 bridgehead atoms. The van der Waals surface area contributed by atoms with E-state index in [1.807, 2.05) is 36.4 Å². The normalized spacial score (nSPS) is 11.2. The number of carbonyl (C=O) groups is 1. The van der Waals surface area contributed by atoms with Gasteiger partial charge in [0.25, 0.3) is 0 Å². The Hall–Kier alpha value is -2.53. The number of aliphatic imine (C=N–C) groups is 1. The number of hydrogen-bond acceptors (Lipinski definition) is 2. The molecule has 0 radical (unpaired) electrons. The van der Waals surface area contributed by atoms with Crippen LogP contribution in [0.5, 0.6) is 0 Å². The Morgan fingerprint density at radius 3 is 2.46 bits per heavy atom. The number of halogens is 1. The van der Waals surface area contributed by atoms with Crippen LogP contribution in [-0.4, -0.2) is 25.5 Å². The molecule has 6 heteroatoms. The highest BCUT2D eigenvalue weighted by Gasteiger charge is 2.02. The van der Waals surface area contributed by atoms with Crippen molar-refractivity contribution in [2.45, 2.75) is 13.0 Å². The summed E-state index contributed by atoms with van der Waals surface area (Å²) < 4.78 is 0. The van der Waals surface area contributed by atoms with Crippen LogP contribution in [0.1, 0.15) is 21.5 Å². The number of guanidine groups is 1. The highest BCUT2D eigenvalue weighted by atomic mass is 35.5. The van der Waals surface area contributed by atoms with E-state index >= 15 is 0 Å². The summed E-state index contributed by atoms with van der Waals surface area (Å²) >= 11 is 6.14. The molecule has 0 aliphatic rings. The molecule has 24 heavy (non-hydrogen) atoms. The van der Waals surface area contributed by atoms with Gasteiger partial charge in [-0.15, -0.1) is 0 Å². The summed E-state index contributed by atoms with van der Waals surface area (Å²) in [4.78, 5) is 15.2. The van der Waals surface area contributed by atoms with E-state index in [0.29, 0.717) is 18.1 Å². The molecule has 2 aromatic carbocycles. The maximum Gasteiger partial charge on any atom is 0.248 e. The number of hydrogen-bond donors (Lipinski definition) is 3. The van der Waals surface area contributed by atoms with Gasteiger partial charge in [-0.2, -0.15) is 0 Å². The van der Waals surface area contributed by atoms with Gasteiger partial charge < -0.3 is 16.4 Å². The largest absolute Gasteiger partial charge is 0.366 e. The molecular weight excluding hydrogens is 324 g/mol. The number of amides is 1. The Morgan fingerprint density at radius 2 is 1.83 bits per heavy atom. The van der Waals surface area contributed by atoms with Crippen molar-refractivity contribution in [1.29, 1.82) is 0 Å². The first-order valence-corrected chi connectivity index (χ1v) is 8.04. The minimum absolute atomic E-state index is 0.424. The molecule has 0 saturated carbocycles. The van der Waals surface area contributed by atoms with Crippen LogP contribution in [0.3, 0.4) is 0 Å². The van der Waals surface area contributed by atoms with Crippen molar-refractivity contribution in [3.8, 4) is 0 Å². The Morgan fingerprint density at radius 1 is 1.12 bits per heavy atom. The van der Waals surface area contributed by atoms with E-state index in [2.05, 4.69) is 15.6 Å². The summed E-state index contributed by atoms with van der Waals surface area (Å²) in [7, 11) is 1.72. The Labute approximate surface area is 146 Å². The Bertz CT molecular complexity index is 713. The summed E-state index contributed by atoms with van der Waals surface area (Å²) in [6, 6.07) is 15.0. The van der Waals surface area contributed by atoms with Gasteiger partial charge in [-0.25, -0.2) is 0 Å². The van der Waals surface area contributed by atoms with Crippen molar-refractivity contribution < 1.29 is 4.79 Å². The van der Waals surface area contributed by atoms with E-state index in [1.54, 1.807) is 19.2 Å². The van der Waals surface area contributed by atoms with Crippen LogP contribution in [0.4, 0.5) is 0 Å². The third-order valence-corrected chi connectivity index (χ3v) is 3.94. The van der Waals surface area contributed by atoms with Gasteiger partial charge in [-0.05, 0) is 35.7 Å². The second-order valence-electron chi connectivity index (χ2n) is 5.26. The zero-order chi connectivity index (χ0) is 17.4. The SMILES string of the molecule is CN=C(NCCc1ccccc1Cl)NCc1ccc(C(N)=O)cc1. The monoisotopic (exact) mass is 344 g/mol. The maximum atomic E-state index is 11.1. The fourth-order valence-corrected chi connectivity index (χ4v) is 2.44. The number of rotatable bonds is 6. The van der Waals surface area contributed by atoms with Crippen LogP contribution in [0.15, 0.2) is 53.5 Å². The number of primary amides is 1. The van der Waals surface area contributed by atoms with Crippen molar-refractivity contribution in [3.63, 3.8) is 0 Å². The highest BCUT2D eigenvalue weighted by Crippen LogP contribution is 2.14. The minimum atomic E-state index is -0.424. The van der Waals surface area contributed by atoms with Crippen molar-refractivity contribution in [3.05, 3.63) is 70.2 Å². The van der Waals surface area contributed by atoms with Crippen LogP contribution in [0, 0.1) is 0 Å². The molecule has 0 aliphatic heterocycles. The van der Waals surface area contributed by atoms with Crippen molar-refractivity contribution >= 4 is 23.5 Å². The van der Waals surface area contributed by atoms with Crippen molar-refractivity contribution in [2.24, 2.45) is 10.7 Å². The molecular formula is C18H21ClN4O. The second-order valence-corrected chi connectivity index (χ2v) is 5.66. The van der Waals surface area contributed by atoms with Crippen molar-refractivity contribution in [2.75, 3.05) is 13.6 Å². The van der Waals surface area contributed by atoms with Crippen LogP contribution < -0.4 is 16.4 Å². The fraction of sp³-hybridized carbons (Fsp3) is 0.222. The van der Waals surface area contributed by atoms with Gasteiger partial charge in [0.05, 0.1) is 0 Å². The summed E-state index contributed by atoms with van der Waals surface area (Å²) in [5.74, 6) is 0.285. The van der Waals surface area contributed by atoms with Gasteiger partial charge in [-0.3, -0.25) is 9.79 Å². The number of nitrogens with zero attached hydrogens (tertiary/aromatic N) is 1. The lowest BCUT2D eigenvalue weighted by Gasteiger charge is -2.12. The lowest BCUT2D eigenvalue weighted by atomic mass is 10.1. The molecule has 126 valence electrons. The first-order valence-electron chi connectivity index (χ1n) is 7.67. The minimum Gasteiger partial charge on any atom is -0.366 e. The van der Waals surface area contributed by atoms with Gasteiger partial charge in [0.1, 0.15) is 0 Å².